The van der Waals surface area contributed by atoms with Crippen molar-refractivity contribution in [1.82, 2.24) is 5.32 Å². The van der Waals surface area contributed by atoms with Crippen LogP contribution in [0.5, 0.6) is 0 Å². The average molecular weight is 406 g/mol. The van der Waals surface area contributed by atoms with Crippen LogP contribution in [0.3, 0.4) is 0 Å². The molecule has 1 atom stereocenters. The fourth-order valence-corrected chi connectivity index (χ4v) is 4.15. The number of rotatable bonds is 20. The van der Waals surface area contributed by atoms with E-state index in [1.807, 2.05) is 6.08 Å². The second kappa shape index (κ2) is 18.9. The van der Waals surface area contributed by atoms with Crippen LogP contribution in [-0.4, -0.2) is 11.8 Å². The Morgan fingerprint density at radius 1 is 0.690 bits per heavy atom. The molecule has 1 aliphatic heterocycles. The number of imide groups is 1. The lowest BCUT2D eigenvalue weighted by Crippen LogP contribution is -2.21. The number of allylic oxidation sites excluding steroid dienone is 1. The van der Waals surface area contributed by atoms with E-state index >= 15 is 0 Å². The van der Waals surface area contributed by atoms with Crippen LogP contribution in [0.4, 0.5) is 0 Å². The van der Waals surface area contributed by atoms with Gasteiger partial charge in [-0.1, -0.05) is 128 Å². The van der Waals surface area contributed by atoms with E-state index in [9.17, 15) is 9.59 Å². The first-order chi connectivity index (χ1) is 14.2. The van der Waals surface area contributed by atoms with Crippen LogP contribution in [0.2, 0.25) is 0 Å². The van der Waals surface area contributed by atoms with Crippen molar-refractivity contribution in [1.29, 1.82) is 0 Å². The average Bonchev–Trinajstić information content (AvgIpc) is 3.03. The molecule has 1 N–H and O–H groups in total. The van der Waals surface area contributed by atoms with Gasteiger partial charge in [-0.3, -0.25) is 14.9 Å². The highest BCUT2D eigenvalue weighted by Gasteiger charge is 2.27. The Balaban J connectivity index is 1.72. The van der Waals surface area contributed by atoms with Gasteiger partial charge in [-0.15, -0.1) is 0 Å². The van der Waals surface area contributed by atoms with Gasteiger partial charge in [0.2, 0.25) is 11.8 Å². The summed E-state index contributed by atoms with van der Waals surface area (Å²) in [5.74, 6) is -0.500. The molecule has 1 fully saturated rings. The predicted molar refractivity (Wildman–Crippen MR) is 124 cm³/mol. The van der Waals surface area contributed by atoms with E-state index in [0.717, 1.165) is 6.42 Å². The van der Waals surface area contributed by atoms with Gasteiger partial charge in [-0.2, -0.15) is 0 Å². The molecular formula is C26H47NO2. The summed E-state index contributed by atoms with van der Waals surface area (Å²) in [5.41, 5.74) is 0. The molecule has 0 spiro atoms. The van der Waals surface area contributed by atoms with Crippen molar-refractivity contribution in [3.63, 3.8) is 0 Å². The van der Waals surface area contributed by atoms with Gasteiger partial charge < -0.3 is 0 Å². The van der Waals surface area contributed by atoms with Crippen molar-refractivity contribution in [3.8, 4) is 0 Å². The maximum atomic E-state index is 11.4. The summed E-state index contributed by atoms with van der Waals surface area (Å²) in [4.78, 5) is 22.5. The minimum Gasteiger partial charge on any atom is -0.296 e. The van der Waals surface area contributed by atoms with E-state index < -0.39 is 0 Å². The summed E-state index contributed by atoms with van der Waals surface area (Å²) in [5, 5.41) is 2.35. The monoisotopic (exact) mass is 405 g/mol. The predicted octanol–water partition coefficient (Wildman–Crippen LogP) is 7.64. The minimum atomic E-state index is -0.224. The second-order valence-corrected chi connectivity index (χ2v) is 8.95. The molecule has 0 aromatic heterocycles. The topological polar surface area (TPSA) is 46.2 Å². The lowest BCUT2D eigenvalue weighted by Gasteiger charge is -2.03. The molecule has 2 amide bonds. The van der Waals surface area contributed by atoms with Crippen LogP contribution in [-0.2, 0) is 9.59 Å². The fraction of sp³-hybridized carbons (Fsp3) is 0.846. The standard InChI is InChI=1S/C26H47NO2/c1-2-3-4-5-6-7-8-9-10-11-12-13-14-15-16-17-18-19-20-21-22-24-23-25(28)27-26(24)29/h21-22,24H,2-20,23H2,1H3,(H,27,28,29). The third-order valence-electron chi connectivity index (χ3n) is 6.10. The molecule has 1 aliphatic rings. The third-order valence-corrected chi connectivity index (χ3v) is 6.10. The number of hydrogen-bond acceptors (Lipinski definition) is 2. The van der Waals surface area contributed by atoms with Gasteiger partial charge in [-0.25, -0.2) is 0 Å². The molecule has 1 unspecified atom stereocenters. The van der Waals surface area contributed by atoms with Crippen LogP contribution in [0, 0.1) is 5.92 Å². The highest BCUT2D eigenvalue weighted by Crippen LogP contribution is 2.15. The Bertz CT molecular complexity index is 444. The van der Waals surface area contributed by atoms with E-state index in [-0.39, 0.29) is 17.7 Å². The van der Waals surface area contributed by atoms with Crippen molar-refractivity contribution in [2.45, 2.75) is 135 Å². The van der Waals surface area contributed by atoms with Gasteiger partial charge in [0, 0.05) is 6.42 Å². The van der Waals surface area contributed by atoms with Gasteiger partial charge in [0.05, 0.1) is 5.92 Å². The number of carbonyl (C=O) groups is 2. The number of hydrogen-bond donors (Lipinski definition) is 1. The van der Waals surface area contributed by atoms with Gasteiger partial charge >= 0.3 is 0 Å². The molecule has 168 valence electrons. The van der Waals surface area contributed by atoms with Gasteiger partial charge in [0.15, 0.2) is 0 Å². The Labute approximate surface area is 180 Å². The summed E-state index contributed by atoms with van der Waals surface area (Å²) < 4.78 is 0. The van der Waals surface area contributed by atoms with Crippen molar-refractivity contribution in [2.24, 2.45) is 5.92 Å². The first-order valence-electron chi connectivity index (χ1n) is 12.7. The first kappa shape index (κ1) is 25.9. The van der Waals surface area contributed by atoms with Crippen LogP contribution in [0.15, 0.2) is 12.2 Å². The molecule has 1 heterocycles. The van der Waals surface area contributed by atoms with Crippen molar-refractivity contribution < 1.29 is 9.59 Å². The molecule has 0 aromatic rings. The number of nitrogens with one attached hydrogen (secondary N) is 1. The molecule has 1 saturated heterocycles. The number of carbonyl (C=O) groups excluding carboxylic acids is 2. The van der Waals surface area contributed by atoms with E-state index in [1.165, 1.54) is 116 Å². The smallest absolute Gasteiger partial charge is 0.233 e. The Morgan fingerprint density at radius 3 is 1.48 bits per heavy atom. The Hall–Kier alpha value is -1.12. The quantitative estimate of drug-likeness (QED) is 0.128. The minimum absolute atomic E-state index is 0.135. The van der Waals surface area contributed by atoms with E-state index in [2.05, 4.69) is 18.3 Å². The zero-order valence-electron chi connectivity index (χ0n) is 19.2. The molecule has 3 nitrogen and oxygen atoms in total. The molecule has 0 radical (unpaired) electrons. The van der Waals surface area contributed by atoms with Crippen LogP contribution in [0.1, 0.15) is 135 Å². The molecule has 0 aliphatic carbocycles. The maximum absolute atomic E-state index is 11.4. The highest BCUT2D eigenvalue weighted by atomic mass is 16.2. The van der Waals surface area contributed by atoms with Crippen molar-refractivity contribution in [2.75, 3.05) is 0 Å². The molecule has 0 bridgehead atoms. The maximum Gasteiger partial charge on any atom is 0.233 e. The van der Waals surface area contributed by atoms with Crippen LogP contribution >= 0.6 is 0 Å². The number of unbranched alkanes of at least 4 members (excludes halogenated alkanes) is 18. The normalized spacial score (nSPS) is 16.8. The summed E-state index contributed by atoms with van der Waals surface area (Å²) in [7, 11) is 0. The summed E-state index contributed by atoms with van der Waals surface area (Å²) in [6.45, 7) is 2.29. The lowest BCUT2D eigenvalue weighted by atomic mass is 10.0. The lowest BCUT2D eigenvalue weighted by molar-refractivity contribution is -0.125. The summed E-state index contributed by atoms with van der Waals surface area (Å²) >= 11 is 0. The fourth-order valence-electron chi connectivity index (χ4n) is 4.15. The van der Waals surface area contributed by atoms with Crippen LogP contribution < -0.4 is 5.32 Å². The largest absolute Gasteiger partial charge is 0.296 e. The van der Waals surface area contributed by atoms with Crippen molar-refractivity contribution >= 4 is 11.8 Å². The Morgan fingerprint density at radius 2 is 1.10 bits per heavy atom. The molecule has 0 saturated carbocycles. The first-order valence-corrected chi connectivity index (χ1v) is 12.7. The highest BCUT2D eigenvalue weighted by molar-refractivity contribution is 6.04. The van der Waals surface area contributed by atoms with Crippen LogP contribution in [0.25, 0.3) is 0 Å². The zero-order valence-corrected chi connectivity index (χ0v) is 19.2. The van der Waals surface area contributed by atoms with E-state index in [4.69, 9.17) is 0 Å². The Kier molecular flexibility index (Phi) is 16.9. The molecule has 3 heteroatoms. The third kappa shape index (κ3) is 15.4. The van der Waals surface area contributed by atoms with Gasteiger partial charge in [-0.05, 0) is 12.8 Å². The molecule has 1 rings (SSSR count). The molecule has 29 heavy (non-hydrogen) atoms. The summed E-state index contributed by atoms with van der Waals surface area (Å²) in [6, 6.07) is 0. The zero-order chi connectivity index (χ0) is 21.0. The SMILES string of the molecule is CCCCCCCCCCCCCCCCCCCCC=CC1CC(=O)NC1=O. The molecule has 0 aromatic carbocycles. The van der Waals surface area contributed by atoms with Gasteiger partial charge in [0.1, 0.15) is 0 Å². The summed E-state index contributed by atoms with van der Waals surface area (Å²) in [6.07, 6.45) is 30.5. The second-order valence-electron chi connectivity index (χ2n) is 8.95. The van der Waals surface area contributed by atoms with E-state index in [0.29, 0.717) is 6.42 Å². The number of amides is 2. The van der Waals surface area contributed by atoms with Gasteiger partial charge in [0.25, 0.3) is 0 Å². The molecular weight excluding hydrogens is 358 g/mol. The van der Waals surface area contributed by atoms with Crippen molar-refractivity contribution in [3.05, 3.63) is 12.2 Å². The van der Waals surface area contributed by atoms with E-state index in [1.54, 1.807) is 0 Å².